The van der Waals surface area contributed by atoms with Gasteiger partial charge in [0.2, 0.25) is 5.91 Å². The Labute approximate surface area is 98.4 Å². The van der Waals surface area contributed by atoms with Gasteiger partial charge in [-0.3, -0.25) is 9.78 Å². The van der Waals surface area contributed by atoms with Crippen LogP contribution in [0.5, 0.6) is 0 Å². The number of aromatic nitrogens is 1. The van der Waals surface area contributed by atoms with E-state index in [2.05, 4.69) is 26.2 Å². The Kier molecular flexibility index (Phi) is 4.75. The van der Waals surface area contributed by atoms with Crippen LogP contribution in [0.3, 0.4) is 0 Å². The van der Waals surface area contributed by atoms with E-state index >= 15 is 0 Å². The summed E-state index contributed by atoms with van der Waals surface area (Å²) in [6.07, 6.45) is 4.35. The number of alkyl halides is 1. The van der Waals surface area contributed by atoms with Gasteiger partial charge in [0.25, 0.3) is 0 Å². The lowest BCUT2D eigenvalue weighted by molar-refractivity contribution is -0.120. The molecule has 0 fully saturated rings. The van der Waals surface area contributed by atoms with Crippen molar-refractivity contribution in [3.8, 4) is 0 Å². The summed E-state index contributed by atoms with van der Waals surface area (Å²) in [7, 11) is 0. The zero-order chi connectivity index (χ0) is 11.3. The molecule has 1 amide bonds. The number of halogens is 1. The topological polar surface area (TPSA) is 42.0 Å². The minimum atomic E-state index is -0.141. The SMILES string of the molecule is CC(Cc1ccncc1)NC(=O)C(C)Br. The number of rotatable bonds is 4. The molecule has 1 N–H and O–H groups in total. The van der Waals surface area contributed by atoms with E-state index in [1.54, 1.807) is 12.4 Å². The van der Waals surface area contributed by atoms with Crippen LogP contribution in [0.15, 0.2) is 24.5 Å². The van der Waals surface area contributed by atoms with Crippen LogP contribution < -0.4 is 5.32 Å². The molecule has 1 rings (SSSR count). The molecule has 1 aromatic rings. The Hall–Kier alpha value is -0.900. The fraction of sp³-hybridized carbons (Fsp3) is 0.455. The highest BCUT2D eigenvalue weighted by molar-refractivity contribution is 9.10. The maximum absolute atomic E-state index is 11.4. The van der Waals surface area contributed by atoms with E-state index in [1.165, 1.54) is 5.56 Å². The van der Waals surface area contributed by atoms with Gasteiger partial charge in [-0.25, -0.2) is 0 Å². The molecule has 0 saturated heterocycles. The molecule has 0 spiro atoms. The molecule has 2 atom stereocenters. The molecule has 2 unspecified atom stereocenters. The highest BCUT2D eigenvalue weighted by Gasteiger charge is 2.11. The maximum Gasteiger partial charge on any atom is 0.233 e. The van der Waals surface area contributed by atoms with Gasteiger partial charge in [-0.2, -0.15) is 0 Å². The highest BCUT2D eigenvalue weighted by atomic mass is 79.9. The zero-order valence-electron chi connectivity index (χ0n) is 8.90. The number of hydrogen-bond acceptors (Lipinski definition) is 2. The molecular formula is C11H15BrN2O. The van der Waals surface area contributed by atoms with E-state index in [-0.39, 0.29) is 16.8 Å². The Morgan fingerprint density at radius 2 is 2.07 bits per heavy atom. The van der Waals surface area contributed by atoms with Crippen molar-refractivity contribution in [3.63, 3.8) is 0 Å². The van der Waals surface area contributed by atoms with Gasteiger partial charge in [-0.15, -0.1) is 0 Å². The molecule has 1 heterocycles. The summed E-state index contributed by atoms with van der Waals surface area (Å²) in [6.45, 7) is 3.81. The number of hydrogen-bond donors (Lipinski definition) is 1. The summed E-state index contributed by atoms with van der Waals surface area (Å²) in [5, 5.41) is 2.92. The van der Waals surface area contributed by atoms with E-state index in [0.717, 1.165) is 6.42 Å². The molecule has 0 aliphatic heterocycles. The van der Waals surface area contributed by atoms with Crippen LogP contribution in [0, 0.1) is 0 Å². The molecular weight excluding hydrogens is 256 g/mol. The Morgan fingerprint density at radius 1 is 1.47 bits per heavy atom. The van der Waals surface area contributed by atoms with Crippen molar-refractivity contribution in [3.05, 3.63) is 30.1 Å². The van der Waals surface area contributed by atoms with Crippen molar-refractivity contribution >= 4 is 21.8 Å². The Bertz CT molecular complexity index is 314. The van der Waals surface area contributed by atoms with Crippen LogP contribution in [0.25, 0.3) is 0 Å². The first-order valence-electron chi connectivity index (χ1n) is 4.93. The molecule has 0 aliphatic carbocycles. The van der Waals surface area contributed by atoms with Gasteiger partial charge in [0.15, 0.2) is 0 Å². The minimum Gasteiger partial charge on any atom is -0.352 e. The van der Waals surface area contributed by atoms with Crippen molar-refractivity contribution in [1.82, 2.24) is 10.3 Å². The van der Waals surface area contributed by atoms with Crippen molar-refractivity contribution in [1.29, 1.82) is 0 Å². The summed E-state index contributed by atoms with van der Waals surface area (Å²) in [4.78, 5) is 15.2. The first-order valence-corrected chi connectivity index (χ1v) is 5.84. The molecule has 1 aromatic heterocycles. The van der Waals surface area contributed by atoms with Crippen molar-refractivity contribution in [2.24, 2.45) is 0 Å². The average Bonchev–Trinajstić information content (AvgIpc) is 2.18. The van der Waals surface area contributed by atoms with Crippen LogP contribution in [-0.2, 0) is 11.2 Å². The van der Waals surface area contributed by atoms with Crippen LogP contribution >= 0.6 is 15.9 Å². The van der Waals surface area contributed by atoms with Crippen molar-refractivity contribution in [2.45, 2.75) is 31.1 Å². The smallest absolute Gasteiger partial charge is 0.233 e. The molecule has 82 valence electrons. The molecule has 15 heavy (non-hydrogen) atoms. The van der Waals surface area contributed by atoms with E-state index in [0.29, 0.717) is 0 Å². The first-order chi connectivity index (χ1) is 7.09. The largest absolute Gasteiger partial charge is 0.352 e. The third kappa shape index (κ3) is 4.42. The van der Waals surface area contributed by atoms with Crippen LogP contribution in [0.4, 0.5) is 0 Å². The van der Waals surface area contributed by atoms with Crippen molar-refractivity contribution in [2.75, 3.05) is 0 Å². The molecule has 4 heteroatoms. The number of nitrogens with zero attached hydrogens (tertiary/aromatic N) is 1. The second kappa shape index (κ2) is 5.85. The third-order valence-electron chi connectivity index (χ3n) is 2.04. The van der Waals surface area contributed by atoms with Gasteiger partial charge < -0.3 is 5.32 Å². The Balaban J connectivity index is 2.43. The number of pyridine rings is 1. The molecule has 0 aromatic carbocycles. The fourth-order valence-corrected chi connectivity index (χ4v) is 1.41. The summed E-state index contributed by atoms with van der Waals surface area (Å²) >= 11 is 3.23. The summed E-state index contributed by atoms with van der Waals surface area (Å²) in [5.74, 6) is 0.0246. The van der Waals surface area contributed by atoms with E-state index in [9.17, 15) is 4.79 Å². The molecule has 0 bridgehead atoms. The highest BCUT2D eigenvalue weighted by Crippen LogP contribution is 2.03. The summed E-state index contributed by atoms with van der Waals surface area (Å²) in [6, 6.07) is 4.06. The van der Waals surface area contributed by atoms with Gasteiger partial charge >= 0.3 is 0 Å². The quantitative estimate of drug-likeness (QED) is 0.850. The second-order valence-corrected chi connectivity index (χ2v) is 4.96. The summed E-state index contributed by atoms with van der Waals surface area (Å²) in [5.41, 5.74) is 1.18. The lowest BCUT2D eigenvalue weighted by Gasteiger charge is -2.14. The molecule has 0 radical (unpaired) electrons. The van der Waals surface area contributed by atoms with Gasteiger partial charge in [-0.1, -0.05) is 15.9 Å². The van der Waals surface area contributed by atoms with Crippen LogP contribution in [0.1, 0.15) is 19.4 Å². The number of amides is 1. The normalized spacial score (nSPS) is 14.3. The lowest BCUT2D eigenvalue weighted by atomic mass is 10.1. The van der Waals surface area contributed by atoms with E-state index in [1.807, 2.05) is 26.0 Å². The Morgan fingerprint density at radius 3 is 2.60 bits per heavy atom. The van der Waals surface area contributed by atoms with Crippen LogP contribution in [0.2, 0.25) is 0 Å². The summed E-state index contributed by atoms with van der Waals surface area (Å²) < 4.78 is 0. The molecule has 0 aliphatic rings. The number of carbonyl (C=O) groups is 1. The molecule has 0 saturated carbocycles. The van der Waals surface area contributed by atoms with Gasteiger partial charge in [0, 0.05) is 18.4 Å². The number of nitrogens with one attached hydrogen (secondary N) is 1. The van der Waals surface area contributed by atoms with Gasteiger partial charge in [-0.05, 0) is 38.0 Å². The van der Waals surface area contributed by atoms with Gasteiger partial charge in [0.1, 0.15) is 0 Å². The number of carbonyl (C=O) groups excluding carboxylic acids is 1. The first kappa shape index (κ1) is 12.2. The maximum atomic E-state index is 11.4. The average molecular weight is 271 g/mol. The zero-order valence-corrected chi connectivity index (χ0v) is 10.5. The standard InChI is InChI=1S/C11H15BrN2O/c1-8(14-11(15)9(2)12)7-10-3-5-13-6-4-10/h3-6,8-9H,7H2,1-2H3,(H,14,15). The fourth-order valence-electron chi connectivity index (χ4n) is 1.28. The van der Waals surface area contributed by atoms with E-state index < -0.39 is 0 Å². The van der Waals surface area contributed by atoms with Crippen LogP contribution in [-0.4, -0.2) is 21.8 Å². The second-order valence-electron chi connectivity index (χ2n) is 3.59. The minimum absolute atomic E-state index is 0.0246. The van der Waals surface area contributed by atoms with E-state index in [4.69, 9.17) is 0 Å². The monoisotopic (exact) mass is 270 g/mol. The predicted octanol–water partition coefficient (Wildman–Crippen LogP) is 1.91. The van der Waals surface area contributed by atoms with Gasteiger partial charge in [0.05, 0.1) is 4.83 Å². The predicted molar refractivity (Wildman–Crippen MR) is 63.9 cm³/mol. The lowest BCUT2D eigenvalue weighted by Crippen LogP contribution is -2.37. The molecule has 3 nitrogen and oxygen atoms in total. The van der Waals surface area contributed by atoms with Crippen molar-refractivity contribution < 1.29 is 4.79 Å². The third-order valence-corrected chi connectivity index (χ3v) is 2.46.